The van der Waals surface area contributed by atoms with Crippen molar-refractivity contribution in [2.45, 2.75) is 6.10 Å². The Balaban J connectivity index is 2.91. The lowest BCUT2D eigenvalue weighted by Gasteiger charge is -2.07. The van der Waals surface area contributed by atoms with Crippen LogP contribution in [0.2, 0.25) is 0 Å². The Morgan fingerprint density at radius 2 is 2.07 bits per heavy atom. The first-order valence-corrected chi connectivity index (χ1v) is 3.90. The van der Waals surface area contributed by atoms with Gasteiger partial charge in [0.15, 0.2) is 0 Å². The largest absolute Gasteiger partial charge is 0.375 e. The molecular formula is C11H8N2O. The lowest BCUT2D eigenvalue weighted by molar-refractivity contribution is 0.102. The summed E-state index contributed by atoms with van der Waals surface area (Å²) in [4.78, 5) is 4.85. The fourth-order valence-corrected chi connectivity index (χ4v) is 0.994. The summed E-state index contributed by atoms with van der Waals surface area (Å²) >= 11 is 0. The Bertz CT molecular complexity index is 395. The summed E-state index contributed by atoms with van der Waals surface area (Å²) in [6.45, 7) is 3.19. The quantitative estimate of drug-likeness (QED) is 0.409. The maximum absolute atomic E-state index is 8.58. The van der Waals surface area contributed by atoms with Crippen LogP contribution in [0.1, 0.15) is 17.2 Å². The van der Waals surface area contributed by atoms with E-state index in [4.69, 9.17) is 16.5 Å². The van der Waals surface area contributed by atoms with E-state index in [1.165, 1.54) is 0 Å². The maximum atomic E-state index is 8.58. The van der Waals surface area contributed by atoms with Crippen molar-refractivity contribution >= 4 is 6.72 Å². The first kappa shape index (κ1) is 9.83. The van der Waals surface area contributed by atoms with Gasteiger partial charge < -0.3 is 4.84 Å². The smallest absolute Gasteiger partial charge is 0.212 e. The molecule has 1 rings (SSSR count). The molecule has 0 aromatic heterocycles. The van der Waals surface area contributed by atoms with Gasteiger partial charge in [0, 0.05) is 12.3 Å². The van der Waals surface area contributed by atoms with Crippen molar-refractivity contribution in [3.8, 4) is 18.4 Å². The van der Waals surface area contributed by atoms with Crippen LogP contribution in [-0.2, 0) is 4.84 Å². The van der Waals surface area contributed by atoms with E-state index >= 15 is 0 Å². The van der Waals surface area contributed by atoms with E-state index in [1.807, 2.05) is 6.07 Å². The lowest BCUT2D eigenvalue weighted by atomic mass is 10.1. The van der Waals surface area contributed by atoms with Gasteiger partial charge in [0.05, 0.1) is 11.6 Å². The first-order chi connectivity index (χ1) is 6.81. The van der Waals surface area contributed by atoms with Crippen molar-refractivity contribution in [2.24, 2.45) is 5.16 Å². The zero-order valence-corrected chi connectivity index (χ0v) is 7.47. The van der Waals surface area contributed by atoms with Crippen molar-refractivity contribution in [2.75, 3.05) is 0 Å². The molecule has 1 atom stereocenters. The summed E-state index contributed by atoms with van der Waals surface area (Å²) in [6, 6.07) is 8.82. The normalized spacial score (nSPS) is 10.7. The molecule has 1 aromatic rings. The number of nitriles is 1. The fourth-order valence-electron chi connectivity index (χ4n) is 0.994. The number of terminal acetylenes is 1. The van der Waals surface area contributed by atoms with Crippen molar-refractivity contribution in [1.29, 1.82) is 5.26 Å². The minimum Gasteiger partial charge on any atom is -0.375 e. The van der Waals surface area contributed by atoms with Crippen LogP contribution < -0.4 is 0 Å². The van der Waals surface area contributed by atoms with E-state index in [0.717, 1.165) is 5.56 Å². The van der Waals surface area contributed by atoms with E-state index < -0.39 is 6.10 Å². The molecule has 0 amide bonds. The number of benzene rings is 1. The van der Waals surface area contributed by atoms with Gasteiger partial charge in [0.25, 0.3) is 0 Å². The van der Waals surface area contributed by atoms with E-state index in [-0.39, 0.29) is 0 Å². The monoisotopic (exact) mass is 184 g/mol. The average molecular weight is 184 g/mol. The highest BCUT2D eigenvalue weighted by Gasteiger charge is 2.07. The average Bonchev–Trinajstić information content (AvgIpc) is 2.26. The van der Waals surface area contributed by atoms with Crippen LogP contribution in [0.15, 0.2) is 29.4 Å². The summed E-state index contributed by atoms with van der Waals surface area (Å²) in [5.74, 6) is 2.42. The molecule has 0 bridgehead atoms. The molecule has 0 radical (unpaired) electrons. The van der Waals surface area contributed by atoms with Crippen molar-refractivity contribution in [3.63, 3.8) is 0 Å². The van der Waals surface area contributed by atoms with E-state index in [0.29, 0.717) is 5.56 Å². The molecule has 0 N–H and O–H groups in total. The van der Waals surface area contributed by atoms with Crippen molar-refractivity contribution in [3.05, 3.63) is 35.4 Å². The van der Waals surface area contributed by atoms with Crippen LogP contribution in [-0.4, -0.2) is 6.72 Å². The molecule has 3 heteroatoms. The third kappa shape index (κ3) is 2.12. The summed E-state index contributed by atoms with van der Waals surface area (Å²) in [5.41, 5.74) is 1.36. The molecule has 68 valence electrons. The molecule has 0 saturated carbocycles. The minimum absolute atomic E-state index is 0.541. The van der Waals surface area contributed by atoms with Gasteiger partial charge in [-0.15, -0.1) is 11.6 Å². The molecule has 1 unspecified atom stereocenters. The minimum atomic E-state index is -0.541. The predicted molar refractivity (Wildman–Crippen MR) is 53.4 cm³/mol. The fraction of sp³-hybridized carbons (Fsp3) is 0.0909. The molecule has 0 fully saturated rings. The number of hydrogen-bond acceptors (Lipinski definition) is 3. The van der Waals surface area contributed by atoms with Gasteiger partial charge in [-0.3, -0.25) is 0 Å². The molecular weight excluding hydrogens is 176 g/mol. The van der Waals surface area contributed by atoms with Crippen LogP contribution in [0.5, 0.6) is 0 Å². The van der Waals surface area contributed by atoms with Gasteiger partial charge in [-0.2, -0.15) is 5.26 Å². The standard InChI is InChI=1S/C11H8N2O/c1-3-11(14-13-2)10-6-4-9(8-12)5-7-10/h1,4-7,11H,2H2. The summed E-state index contributed by atoms with van der Waals surface area (Å²) in [7, 11) is 0. The highest BCUT2D eigenvalue weighted by atomic mass is 16.6. The number of oxime groups is 1. The third-order valence-electron chi connectivity index (χ3n) is 1.67. The van der Waals surface area contributed by atoms with E-state index in [1.54, 1.807) is 24.3 Å². The third-order valence-corrected chi connectivity index (χ3v) is 1.67. The molecule has 0 saturated heterocycles. The molecule has 0 aliphatic rings. The number of nitrogens with zero attached hydrogens (tertiary/aromatic N) is 2. The molecule has 3 nitrogen and oxygen atoms in total. The number of hydrogen-bond donors (Lipinski definition) is 0. The summed E-state index contributed by atoms with van der Waals surface area (Å²) < 4.78 is 0. The summed E-state index contributed by atoms with van der Waals surface area (Å²) in [6.07, 6.45) is 4.69. The Morgan fingerprint density at radius 3 is 2.50 bits per heavy atom. The van der Waals surface area contributed by atoms with Gasteiger partial charge in [-0.1, -0.05) is 18.1 Å². The van der Waals surface area contributed by atoms with Crippen LogP contribution in [0, 0.1) is 23.7 Å². The lowest BCUT2D eigenvalue weighted by Crippen LogP contribution is -1.96. The molecule has 0 heterocycles. The Hall–Kier alpha value is -2.26. The first-order valence-electron chi connectivity index (χ1n) is 3.90. The second-order valence-corrected chi connectivity index (χ2v) is 2.52. The molecule has 0 aliphatic carbocycles. The Morgan fingerprint density at radius 1 is 1.43 bits per heavy atom. The second kappa shape index (κ2) is 4.69. The zero-order chi connectivity index (χ0) is 10.4. The molecule has 1 aromatic carbocycles. The highest BCUT2D eigenvalue weighted by molar-refractivity contribution is 5.34. The van der Waals surface area contributed by atoms with Crippen LogP contribution in [0.25, 0.3) is 0 Å². The SMILES string of the molecule is C#CC(ON=C)c1ccc(C#N)cc1. The predicted octanol–water partition coefficient (Wildman–Crippen LogP) is 1.86. The van der Waals surface area contributed by atoms with Gasteiger partial charge in [-0.05, 0) is 12.1 Å². The Kier molecular flexibility index (Phi) is 3.29. The second-order valence-electron chi connectivity index (χ2n) is 2.52. The molecule has 0 aliphatic heterocycles. The topological polar surface area (TPSA) is 45.4 Å². The van der Waals surface area contributed by atoms with E-state index in [9.17, 15) is 0 Å². The maximum Gasteiger partial charge on any atom is 0.212 e. The van der Waals surface area contributed by atoms with Gasteiger partial charge in [0.1, 0.15) is 0 Å². The molecule has 14 heavy (non-hydrogen) atoms. The van der Waals surface area contributed by atoms with Gasteiger partial charge in [-0.25, -0.2) is 0 Å². The van der Waals surface area contributed by atoms with Crippen molar-refractivity contribution < 1.29 is 4.84 Å². The van der Waals surface area contributed by atoms with Crippen LogP contribution in [0.4, 0.5) is 0 Å². The van der Waals surface area contributed by atoms with Gasteiger partial charge >= 0.3 is 0 Å². The van der Waals surface area contributed by atoms with Gasteiger partial charge in [0.2, 0.25) is 6.10 Å². The summed E-state index contributed by atoms with van der Waals surface area (Å²) in [5, 5.41) is 11.8. The number of rotatable bonds is 3. The molecule has 0 spiro atoms. The van der Waals surface area contributed by atoms with Crippen LogP contribution >= 0.6 is 0 Å². The Labute approximate surface area is 82.6 Å². The van der Waals surface area contributed by atoms with Crippen LogP contribution in [0.3, 0.4) is 0 Å². The highest BCUT2D eigenvalue weighted by Crippen LogP contribution is 2.16. The van der Waals surface area contributed by atoms with Crippen molar-refractivity contribution in [1.82, 2.24) is 0 Å². The van der Waals surface area contributed by atoms with E-state index in [2.05, 4.69) is 17.8 Å². The zero-order valence-electron chi connectivity index (χ0n) is 7.47.